The maximum atomic E-state index is 13.2. The second-order valence-electron chi connectivity index (χ2n) is 8.10. The second kappa shape index (κ2) is 7.35. The first-order valence-electron chi connectivity index (χ1n) is 9.18. The van der Waals surface area contributed by atoms with Crippen LogP contribution in [0.1, 0.15) is 51.0 Å². The normalized spacial score (nSPS) is 17.5. The van der Waals surface area contributed by atoms with Crippen LogP contribution in [0.2, 0.25) is 0 Å². The second-order valence-corrected chi connectivity index (χ2v) is 10.1. The van der Waals surface area contributed by atoms with Crippen LogP contribution in [0.4, 0.5) is 0 Å². The number of nitrogens with two attached hydrogens (primary N) is 1. The topological polar surface area (TPSA) is 78.0 Å². The Bertz CT molecular complexity index is 893. The minimum Gasteiger partial charge on any atom is -0.369 e. The molecule has 1 atom stereocenters. The van der Waals surface area contributed by atoms with Crippen molar-refractivity contribution in [2.24, 2.45) is 17.1 Å². The molecule has 1 aliphatic rings. The maximum absolute atomic E-state index is 13.2. The summed E-state index contributed by atoms with van der Waals surface area (Å²) in [5, 5.41) is 1.41. The highest BCUT2D eigenvalue weighted by Gasteiger charge is 2.32. The van der Waals surface area contributed by atoms with Crippen LogP contribution in [0, 0.1) is 11.3 Å². The Kier molecular flexibility index (Phi) is 5.49. The van der Waals surface area contributed by atoms with Crippen LogP contribution in [-0.2, 0) is 24.2 Å². The Hall–Kier alpha value is -1.34. The van der Waals surface area contributed by atoms with Gasteiger partial charge in [0.15, 0.2) is 5.16 Å². The van der Waals surface area contributed by atoms with E-state index in [1.54, 1.807) is 15.9 Å². The van der Waals surface area contributed by atoms with E-state index in [4.69, 9.17) is 10.7 Å². The molecular formula is C19H27N3O2S2. The van der Waals surface area contributed by atoms with Crippen molar-refractivity contribution in [1.29, 1.82) is 0 Å². The minimum atomic E-state index is -0.397. The molecule has 2 aromatic rings. The molecule has 0 radical (unpaired) electrons. The average molecular weight is 394 g/mol. The number of carbonyl (C=O) groups is 1. The van der Waals surface area contributed by atoms with Crippen LogP contribution in [0.5, 0.6) is 0 Å². The smallest absolute Gasteiger partial charge is 0.263 e. The number of primary amides is 1. The summed E-state index contributed by atoms with van der Waals surface area (Å²) in [4.78, 5) is 31.2. The van der Waals surface area contributed by atoms with Gasteiger partial charge in [-0.3, -0.25) is 14.2 Å². The molecule has 2 N–H and O–H groups in total. The lowest BCUT2D eigenvalue weighted by Gasteiger charge is -2.33. The van der Waals surface area contributed by atoms with E-state index in [-0.39, 0.29) is 16.7 Å². The van der Waals surface area contributed by atoms with E-state index >= 15 is 0 Å². The summed E-state index contributed by atoms with van der Waals surface area (Å²) in [6.07, 6.45) is 3.94. The lowest BCUT2D eigenvalue weighted by atomic mass is 9.72. The molecule has 142 valence electrons. The first-order chi connectivity index (χ1) is 12.2. The molecule has 0 unspecified atom stereocenters. The van der Waals surface area contributed by atoms with Crippen LogP contribution in [0.3, 0.4) is 0 Å². The van der Waals surface area contributed by atoms with Crippen molar-refractivity contribution in [3.63, 3.8) is 0 Å². The van der Waals surface area contributed by atoms with E-state index in [1.165, 1.54) is 22.2 Å². The minimum absolute atomic E-state index is 0.0375. The van der Waals surface area contributed by atoms with Crippen molar-refractivity contribution in [2.75, 3.05) is 5.75 Å². The van der Waals surface area contributed by atoms with Crippen LogP contribution in [0.25, 0.3) is 10.2 Å². The fraction of sp³-hybridized carbons (Fsp3) is 0.632. The quantitative estimate of drug-likeness (QED) is 0.622. The van der Waals surface area contributed by atoms with Gasteiger partial charge >= 0.3 is 0 Å². The van der Waals surface area contributed by atoms with Crippen LogP contribution in [-0.4, -0.2) is 21.2 Å². The van der Waals surface area contributed by atoms with Gasteiger partial charge in [0.25, 0.3) is 5.56 Å². The predicted octanol–water partition coefficient (Wildman–Crippen LogP) is 3.60. The SMILES string of the molecule is CCCn1c(SCC(N)=O)nc2sc3c(c2c1=O)CC[C@H](C(C)(C)C)C3. The highest BCUT2D eigenvalue weighted by Crippen LogP contribution is 2.42. The Morgan fingerprint density at radius 2 is 2.15 bits per heavy atom. The van der Waals surface area contributed by atoms with E-state index < -0.39 is 5.91 Å². The monoisotopic (exact) mass is 393 g/mol. The third-order valence-electron chi connectivity index (χ3n) is 5.15. The van der Waals surface area contributed by atoms with Crippen molar-refractivity contribution < 1.29 is 4.79 Å². The number of aryl methyl sites for hydroxylation is 1. The zero-order valence-corrected chi connectivity index (χ0v) is 17.6. The van der Waals surface area contributed by atoms with Crippen LogP contribution >= 0.6 is 23.1 Å². The van der Waals surface area contributed by atoms with Gasteiger partial charge in [-0.25, -0.2) is 4.98 Å². The molecule has 3 rings (SSSR count). The number of carbonyl (C=O) groups excluding carboxylic acids is 1. The molecule has 1 amide bonds. The summed E-state index contributed by atoms with van der Waals surface area (Å²) >= 11 is 2.91. The van der Waals surface area contributed by atoms with Gasteiger partial charge in [0.1, 0.15) is 4.83 Å². The van der Waals surface area contributed by atoms with Crippen molar-refractivity contribution >= 4 is 39.2 Å². The highest BCUT2D eigenvalue weighted by molar-refractivity contribution is 7.99. The van der Waals surface area contributed by atoms with Gasteiger partial charge in [-0.15, -0.1) is 11.3 Å². The number of thiophene rings is 1. The number of fused-ring (bicyclic) bond motifs is 3. The molecule has 1 aliphatic carbocycles. The molecular weight excluding hydrogens is 366 g/mol. The number of thioether (sulfide) groups is 1. The number of nitrogens with zero attached hydrogens (tertiary/aromatic N) is 2. The van der Waals surface area contributed by atoms with E-state index in [0.717, 1.165) is 35.9 Å². The van der Waals surface area contributed by atoms with Crippen molar-refractivity contribution in [3.05, 3.63) is 20.8 Å². The lowest BCUT2D eigenvalue weighted by Crippen LogP contribution is -2.27. The maximum Gasteiger partial charge on any atom is 0.263 e. The van der Waals surface area contributed by atoms with Gasteiger partial charge in [-0.05, 0) is 42.6 Å². The molecule has 0 saturated carbocycles. The third kappa shape index (κ3) is 3.69. The molecule has 0 spiro atoms. The first-order valence-corrected chi connectivity index (χ1v) is 11.0. The van der Waals surface area contributed by atoms with Gasteiger partial charge in [0.05, 0.1) is 11.1 Å². The number of hydrogen-bond donors (Lipinski definition) is 1. The number of aromatic nitrogens is 2. The average Bonchev–Trinajstić information content (AvgIpc) is 2.92. The molecule has 0 aromatic carbocycles. The molecule has 0 saturated heterocycles. The zero-order valence-electron chi connectivity index (χ0n) is 15.9. The number of amides is 1. The van der Waals surface area contributed by atoms with Crippen molar-refractivity contribution in [1.82, 2.24) is 9.55 Å². The molecule has 0 fully saturated rings. The number of rotatable bonds is 5. The largest absolute Gasteiger partial charge is 0.369 e. The summed E-state index contributed by atoms with van der Waals surface area (Å²) in [6, 6.07) is 0. The van der Waals surface area contributed by atoms with Gasteiger partial charge < -0.3 is 5.73 Å². The Morgan fingerprint density at radius 1 is 1.42 bits per heavy atom. The Balaban J connectivity index is 2.09. The summed E-state index contributed by atoms with van der Waals surface area (Å²) in [5.41, 5.74) is 6.79. The fourth-order valence-corrected chi connectivity index (χ4v) is 5.75. The molecule has 2 aromatic heterocycles. The molecule has 5 nitrogen and oxygen atoms in total. The van der Waals surface area contributed by atoms with Gasteiger partial charge in [0, 0.05) is 11.4 Å². The lowest BCUT2D eigenvalue weighted by molar-refractivity contribution is -0.115. The highest BCUT2D eigenvalue weighted by atomic mass is 32.2. The molecule has 2 heterocycles. The zero-order chi connectivity index (χ0) is 19.1. The van der Waals surface area contributed by atoms with Gasteiger partial charge in [-0.1, -0.05) is 39.5 Å². The van der Waals surface area contributed by atoms with Crippen molar-refractivity contribution in [3.8, 4) is 0 Å². The number of hydrogen-bond acceptors (Lipinski definition) is 5. The Morgan fingerprint density at radius 3 is 2.77 bits per heavy atom. The fourth-order valence-electron chi connectivity index (χ4n) is 3.65. The Labute approximate surface area is 162 Å². The standard InChI is InChI=1S/C19H27N3O2S2/c1-5-8-22-17(24)15-12-7-6-11(19(2,3)4)9-13(12)26-16(15)21-18(22)25-10-14(20)23/h11H,5-10H2,1-4H3,(H2,20,23)/t11-/m0/s1. The van der Waals surface area contributed by atoms with Gasteiger partial charge in [-0.2, -0.15) is 0 Å². The third-order valence-corrected chi connectivity index (χ3v) is 7.30. The van der Waals surface area contributed by atoms with E-state index in [9.17, 15) is 9.59 Å². The van der Waals surface area contributed by atoms with E-state index in [0.29, 0.717) is 17.6 Å². The molecule has 0 bridgehead atoms. The van der Waals surface area contributed by atoms with Crippen LogP contribution < -0.4 is 11.3 Å². The van der Waals surface area contributed by atoms with E-state index in [2.05, 4.69) is 20.8 Å². The van der Waals surface area contributed by atoms with E-state index in [1.807, 2.05) is 6.92 Å². The molecule has 26 heavy (non-hydrogen) atoms. The first kappa shape index (κ1) is 19.4. The molecule has 7 heteroatoms. The summed E-state index contributed by atoms with van der Waals surface area (Å²) < 4.78 is 1.72. The predicted molar refractivity (Wildman–Crippen MR) is 109 cm³/mol. The van der Waals surface area contributed by atoms with Crippen LogP contribution in [0.15, 0.2) is 9.95 Å². The van der Waals surface area contributed by atoms with Crippen molar-refractivity contribution in [2.45, 2.75) is 65.1 Å². The summed E-state index contributed by atoms with van der Waals surface area (Å²) in [7, 11) is 0. The summed E-state index contributed by atoms with van der Waals surface area (Å²) in [5.74, 6) is 0.370. The molecule has 0 aliphatic heterocycles. The summed E-state index contributed by atoms with van der Waals surface area (Å²) in [6.45, 7) is 9.53. The van der Waals surface area contributed by atoms with Gasteiger partial charge in [0.2, 0.25) is 5.91 Å².